The van der Waals surface area contributed by atoms with Gasteiger partial charge in [0.15, 0.2) is 0 Å². The molecule has 0 bridgehead atoms. The summed E-state index contributed by atoms with van der Waals surface area (Å²) in [7, 11) is 0. The molecular weight excluding hydrogens is 389 g/mol. The lowest BCUT2D eigenvalue weighted by molar-refractivity contribution is 0.156. The molecule has 5 rings (SSSR count). The summed E-state index contributed by atoms with van der Waals surface area (Å²) in [6.07, 6.45) is 7.19. The Morgan fingerprint density at radius 3 is 2.62 bits per heavy atom. The SMILES string of the molecule is Cl.Fc1cnc(OC2CN(c3ccc4ccccc4n3)C2)c(C2CCCCC2)c1. The number of pyridine rings is 2. The van der Waals surface area contributed by atoms with Crippen molar-refractivity contribution in [3.63, 3.8) is 0 Å². The minimum atomic E-state index is -0.275. The van der Waals surface area contributed by atoms with E-state index in [4.69, 9.17) is 9.72 Å². The molecule has 1 aromatic carbocycles. The first-order valence-corrected chi connectivity index (χ1v) is 10.2. The zero-order chi connectivity index (χ0) is 18.9. The quantitative estimate of drug-likeness (QED) is 0.565. The van der Waals surface area contributed by atoms with Crippen molar-refractivity contribution in [1.29, 1.82) is 0 Å². The van der Waals surface area contributed by atoms with Crippen LogP contribution in [0.2, 0.25) is 0 Å². The molecule has 0 amide bonds. The van der Waals surface area contributed by atoms with E-state index in [1.54, 1.807) is 6.07 Å². The Morgan fingerprint density at radius 2 is 1.79 bits per heavy atom. The van der Waals surface area contributed by atoms with E-state index >= 15 is 0 Å². The highest BCUT2D eigenvalue weighted by atomic mass is 35.5. The zero-order valence-corrected chi connectivity index (χ0v) is 17.1. The number of fused-ring (bicyclic) bond motifs is 1. The Balaban J connectivity index is 0.00000205. The molecule has 6 heteroatoms. The molecule has 2 aromatic heterocycles. The Kier molecular flexibility index (Phi) is 5.86. The predicted octanol–water partition coefficient (Wildman–Crippen LogP) is 5.51. The molecule has 152 valence electrons. The van der Waals surface area contributed by atoms with E-state index in [-0.39, 0.29) is 24.3 Å². The molecule has 4 nitrogen and oxygen atoms in total. The fourth-order valence-electron chi connectivity index (χ4n) is 4.34. The number of para-hydroxylation sites is 1. The van der Waals surface area contributed by atoms with E-state index in [2.05, 4.69) is 28.1 Å². The Bertz CT molecular complexity index is 987. The molecule has 1 aliphatic heterocycles. The van der Waals surface area contributed by atoms with Gasteiger partial charge >= 0.3 is 0 Å². The smallest absolute Gasteiger partial charge is 0.217 e. The molecule has 0 N–H and O–H groups in total. The van der Waals surface area contributed by atoms with Crippen LogP contribution < -0.4 is 9.64 Å². The predicted molar refractivity (Wildman–Crippen MR) is 116 cm³/mol. The van der Waals surface area contributed by atoms with Crippen molar-refractivity contribution in [3.8, 4) is 5.88 Å². The molecule has 1 saturated carbocycles. The van der Waals surface area contributed by atoms with Gasteiger partial charge in [-0.3, -0.25) is 0 Å². The maximum Gasteiger partial charge on any atom is 0.217 e. The molecule has 3 aromatic rings. The number of benzene rings is 1. The lowest BCUT2D eigenvalue weighted by Gasteiger charge is -2.40. The summed E-state index contributed by atoms with van der Waals surface area (Å²) >= 11 is 0. The second-order valence-electron chi connectivity index (χ2n) is 7.89. The van der Waals surface area contributed by atoms with Gasteiger partial charge in [-0.25, -0.2) is 14.4 Å². The number of hydrogen-bond donors (Lipinski definition) is 0. The summed E-state index contributed by atoms with van der Waals surface area (Å²) in [4.78, 5) is 11.2. The zero-order valence-electron chi connectivity index (χ0n) is 16.3. The molecule has 0 atom stereocenters. The highest BCUT2D eigenvalue weighted by Gasteiger charge is 2.31. The van der Waals surface area contributed by atoms with Crippen LogP contribution in [0.4, 0.5) is 10.2 Å². The molecule has 29 heavy (non-hydrogen) atoms. The van der Waals surface area contributed by atoms with Crippen molar-refractivity contribution in [2.75, 3.05) is 18.0 Å². The fraction of sp³-hybridized carbons (Fsp3) is 0.391. The summed E-state index contributed by atoms with van der Waals surface area (Å²) in [5.74, 6) is 1.68. The highest BCUT2D eigenvalue weighted by Crippen LogP contribution is 2.37. The molecule has 0 radical (unpaired) electrons. The Labute approximate surface area is 176 Å². The third-order valence-electron chi connectivity index (χ3n) is 5.92. The van der Waals surface area contributed by atoms with Gasteiger partial charge in [-0.1, -0.05) is 37.5 Å². The van der Waals surface area contributed by atoms with Crippen LogP contribution in [0.1, 0.15) is 43.6 Å². The van der Waals surface area contributed by atoms with Gasteiger partial charge in [0.05, 0.1) is 24.8 Å². The van der Waals surface area contributed by atoms with E-state index in [0.29, 0.717) is 11.8 Å². The summed E-state index contributed by atoms with van der Waals surface area (Å²) in [6.45, 7) is 1.54. The molecule has 1 aliphatic carbocycles. The molecule has 0 unspecified atom stereocenters. The van der Waals surface area contributed by atoms with E-state index in [1.165, 1.54) is 25.5 Å². The van der Waals surface area contributed by atoms with Crippen LogP contribution >= 0.6 is 12.4 Å². The van der Waals surface area contributed by atoms with Crippen molar-refractivity contribution >= 4 is 29.1 Å². The van der Waals surface area contributed by atoms with E-state index in [9.17, 15) is 4.39 Å². The summed E-state index contributed by atoms with van der Waals surface area (Å²) in [5.41, 5.74) is 1.95. The van der Waals surface area contributed by atoms with Crippen molar-refractivity contribution in [1.82, 2.24) is 9.97 Å². The average molecular weight is 414 g/mol. The molecule has 3 heterocycles. The number of ether oxygens (including phenoxy) is 1. The number of anilines is 1. The third-order valence-corrected chi connectivity index (χ3v) is 5.92. The van der Waals surface area contributed by atoms with Crippen LogP contribution in [0.3, 0.4) is 0 Å². The van der Waals surface area contributed by atoms with Crippen LogP contribution in [-0.2, 0) is 0 Å². The van der Waals surface area contributed by atoms with Crippen molar-refractivity contribution < 1.29 is 9.13 Å². The first-order valence-electron chi connectivity index (χ1n) is 10.2. The summed E-state index contributed by atoms with van der Waals surface area (Å²) in [5, 5.41) is 1.15. The standard InChI is InChI=1S/C23H24FN3O.ClH/c24-18-12-20(16-6-2-1-3-7-16)23(25-13-18)28-19-14-27(15-19)22-11-10-17-8-4-5-9-21(17)26-22;/h4-5,8-13,16,19H,1-3,6-7,14-15H2;1H. The first-order chi connectivity index (χ1) is 13.8. The maximum atomic E-state index is 13.8. The van der Waals surface area contributed by atoms with Crippen molar-refractivity contribution in [2.45, 2.75) is 44.1 Å². The number of aromatic nitrogens is 2. The van der Waals surface area contributed by atoms with Crippen LogP contribution in [0.5, 0.6) is 5.88 Å². The number of nitrogens with zero attached hydrogens (tertiary/aromatic N) is 3. The lowest BCUT2D eigenvalue weighted by Crippen LogP contribution is -2.54. The van der Waals surface area contributed by atoms with Crippen molar-refractivity contribution in [2.24, 2.45) is 0 Å². The topological polar surface area (TPSA) is 38.2 Å². The Hall–Kier alpha value is -2.40. The summed E-state index contributed by atoms with van der Waals surface area (Å²) in [6, 6.07) is 13.9. The van der Waals surface area contributed by atoms with E-state index in [1.807, 2.05) is 18.2 Å². The highest BCUT2D eigenvalue weighted by molar-refractivity contribution is 5.85. The van der Waals surface area contributed by atoms with Gasteiger partial charge in [-0.15, -0.1) is 12.4 Å². The fourth-order valence-corrected chi connectivity index (χ4v) is 4.34. The average Bonchev–Trinajstić information content (AvgIpc) is 2.71. The van der Waals surface area contributed by atoms with Gasteiger partial charge in [-0.2, -0.15) is 0 Å². The van der Waals surface area contributed by atoms with Gasteiger partial charge in [0.25, 0.3) is 0 Å². The largest absolute Gasteiger partial charge is 0.470 e. The van der Waals surface area contributed by atoms with Crippen LogP contribution in [0.25, 0.3) is 10.9 Å². The number of rotatable bonds is 4. The van der Waals surface area contributed by atoms with Gasteiger partial charge in [0, 0.05) is 10.9 Å². The lowest BCUT2D eigenvalue weighted by atomic mass is 9.84. The van der Waals surface area contributed by atoms with Crippen LogP contribution in [0.15, 0.2) is 48.7 Å². The molecule has 2 aliphatic rings. The third kappa shape index (κ3) is 4.15. The van der Waals surface area contributed by atoms with Gasteiger partial charge < -0.3 is 9.64 Å². The van der Waals surface area contributed by atoms with Crippen LogP contribution in [-0.4, -0.2) is 29.2 Å². The van der Waals surface area contributed by atoms with Crippen LogP contribution in [0, 0.1) is 5.82 Å². The second kappa shape index (κ2) is 8.54. The minimum absolute atomic E-state index is 0. The molecule has 0 spiro atoms. The normalized spacial score (nSPS) is 17.6. The molecule has 2 fully saturated rings. The first kappa shape index (κ1) is 19.9. The van der Waals surface area contributed by atoms with Gasteiger partial charge in [0.2, 0.25) is 5.88 Å². The number of halogens is 2. The Morgan fingerprint density at radius 1 is 1.00 bits per heavy atom. The molecular formula is C23H25ClFN3O. The van der Waals surface area contributed by atoms with E-state index in [0.717, 1.165) is 48.2 Å². The van der Waals surface area contributed by atoms with Gasteiger partial charge in [-0.05, 0) is 43.0 Å². The van der Waals surface area contributed by atoms with Gasteiger partial charge in [0.1, 0.15) is 17.7 Å². The molecule has 1 saturated heterocycles. The number of hydrogen-bond acceptors (Lipinski definition) is 4. The van der Waals surface area contributed by atoms with Crippen molar-refractivity contribution in [3.05, 3.63) is 60.0 Å². The minimum Gasteiger partial charge on any atom is -0.470 e. The second-order valence-corrected chi connectivity index (χ2v) is 7.89. The maximum absolute atomic E-state index is 13.8. The summed E-state index contributed by atoms with van der Waals surface area (Å²) < 4.78 is 20.0. The monoisotopic (exact) mass is 413 g/mol. The van der Waals surface area contributed by atoms with E-state index < -0.39 is 0 Å².